The maximum Gasteiger partial charge on any atom is 0.419 e. The third-order valence-electron chi connectivity index (χ3n) is 2.87. The molecule has 0 saturated heterocycles. The SMILES string of the molecule is Nc1nc(-c2ccc(C(F)(F)F)c(F)c2)c2cn[nH]c2n1. The molecular weight excluding hydrogens is 290 g/mol. The van der Waals surface area contributed by atoms with Crippen molar-refractivity contribution in [2.75, 3.05) is 5.73 Å². The van der Waals surface area contributed by atoms with E-state index in [2.05, 4.69) is 20.2 Å². The van der Waals surface area contributed by atoms with Crippen molar-refractivity contribution in [3.8, 4) is 11.3 Å². The lowest BCUT2D eigenvalue weighted by Crippen LogP contribution is -2.08. The van der Waals surface area contributed by atoms with Gasteiger partial charge in [-0.25, -0.2) is 9.37 Å². The Kier molecular flexibility index (Phi) is 2.78. The van der Waals surface area contributed by atoms with Crippen LogP contribution in [0.25, 0.3) is 22.3 Å². The summed E-state index contributed by atoms with van der Waals surface area (Å²) in [6, 6.07) is 2.55. The fourth-order valence-electron chi connectivity index (χ4n) is 1.96. The van der Waals surface area contributed by atoms with Crippen LogP contribution in [0.2, 0.25) is 0 Å². The number of nitrogen functional groups attached to an aromatic ring is 1. The van der Waals surface area contributed by atoms with Gasteiger partial charge >= 0.3 is 6.18 Å². The van der Waals surface area contributed by atoms with Crippen molar-refractivity contribution in [2.45, 2.75) is 6.18 Å². The van der Waals surface area contributed by atoms with Gasteiger partial charge in [0, 0.05) is 5.56 Å². The lowest BCUT2D eigenvalue weighted by atomic mass is 10.1. The highest BCUT2D eigenvalue weighted by atomic mass is 19.4. The van der Waals surface area contributed by atoms with Gasteiger partial charge in [-0.15, -0.1) is 0 Å². The zero-order valence-electron chi connectivity index (χ0n) is 10.2. The van der Waals surface area contributed by atoms with Crippen LogP contribution in [0, 0.1) is 5.82 Å². The van der Waals surface area contributed by atoms with E-state index in [-0.39, 0.29) is 17.2 Å². The first kappa shape index (κ1) is 13.3. The number of nitrogens with zero attached hydrogens (tertiary/aromatic N) is 3. The number of halogens is 4. The highest BCUT2D eigenvalue weighted by Gasteiger charge is 2.34. The van der Waals surface area contributed by atoms with Crippen LogP contribution in [0.4, 0.5) is 23.5 Å². The number of nitrogens with one attached hydrogen (secondary N) is 1. The Labute approximate surface area is 114 Å². The second-order valence-corrected chi connectivity index (χ2v) is 4.26. The molecule has 3 N–H and O–H groups in total. The molecule has 0 unspecified atom stereocenters. The summed E-state index contributed by atoms with van der Waals surface area (Å²) >= 11 is 0. The second-order valence-electron chi connectivity index (χ2n) is 4.26. The Morgan fingerprint density at radius 1 is 1.14 bits per heavy atom. The first-order valence-electron chi connectivity index (χ1n) is 5.70. The molecule has 0 aliphatic rings. The van der Waals surface area contributed by atoms with E-state index in [1.165, 1.54) is 6.20 Å². The number of nitrogens with two attached hydrogens (primary N) is 1. The van der Waals surface area contributed by atoms with Crippen molar-refractivity contribution in [2.24, 2.45) is 0 Å². The van der Waals surface area contributed by atoms with Crippen LogP contribution >= 0.6 is 0 Å². The smallest absolute Gasteiger partial charge is 0.368 e. The van der Waals surface area contributed by atoms with Crippen LogP contribution in [-0.2, 0) is 6.18 Å². The van der Waals surface area contributed by atoms with Gasteiger partial charge in [0.25, 0.3) is 0 Å². The third-order valence-corrected chi connectivity index (χ3v) is 2.87. The van der Waals surface area contributed by atoms with E-state index in [9.17, 15) is 17.6 Å². The van der Waals surface area contributed by atoms with Crippen molar-refractivity contribution in [1.29, 1.82) is 0 Å². The number of aromatic amines is 1. The van der Waals surface area contributed by atoms with Gasteiger partial charge in [-0.1, -0.05) is 6.07 Å². The van der Waals surface area contributed by atoms with Crippen molar-refractivity contribution in [3.63, 3.8) is 0 Å². The summed E-state index contributed by atoms with van der Waals surface area (Å²) in [4.78, 5) is 7.81. The molecule has 5 nitrogen and oxygen atoms in total. The van der Waals surface area contributed by atoms with Crippen molar-refractivity contribution >= 4 is 17.0 Å². The van der Waals surface area contributed by atoms with E-state index in [0.717, 1.165) is 12.1 Å². The van der Waals surface area contributed by atoms with Crippen LogP contribution in [-0.4, -0.2) is 20.2 Å². The molecule has 0 bridgehead atoms. The van der Waals surface area contributed by atoms with Crippen LogP contribution in [0.1, 0.15) is 5.56 Å². The number of hydrogen-bond acceptors (Lipinski definition) is 4. The minimum atomic E-state index is -4.75. The molecular formula is C12H7F4N5. The second kappa shape index (κ2) is 4.40. The number of fused-ring (bicyclic) bond motifs is 1. The van der Waals surface area contributed by atoms with Crippen LogP contribution in [0.5, 0.6) is 0 Å². The molecule has 108 valence electrons. The number of aromatic nitrogens is 4. The van der Waals surface area contributed by atoms with Crippen LogP contribution in [0.15, 0.2) is 24.4 Å². The summed E-state index contributed by atoms with van der Waals surface area (Å²) in [6.45, 7) is 0. The summed E-state index contributed by atoms with van der Waals surface area (Å²) in [5.41, 5.74) is 4.86. The quantitative estimate of drug-likeness (QED) is 0.677. The lowest BCUT2D eigenvalue weighted by molar-refractivity contribution is -0.139. The van der Waals surface area contributed by atoms with Crippen LogP contribution in [0.3, 0.4) is 0 Å². The molecule has 0 radical (unpaired) electrons. The number of hydrogen-bond donors (Lipinski definition) is 2. The summed E-state index contributed by atoms with van der Waals surface area (Å²) in [5.74, 6) is -1.48. The minimum Gasteiger partial charge on any atom is -0.368 e. The molecule has 3 rings (SSSR count). The van der Waals surface area contributed by atoms with Gasteiger partial charge in [0.2, 0.25) is 5.95 Å². The largest absolute Gasteiger partial charge is 0.419 e. The van der Waals surface area contributed by atoms with E-state index in [1.54, 1.807) is 0 Å². The predicted octanol–water partition coefficient (Wildman–Crippen LogP) is 2.76. The number of alkyl halides is 3. The normalized spacial score (nSPS) is 12.0. The third kappa shape index (κ3) is 2.26. The van der Waals surface area contributed by atoms with Crippen LogP contribution < -0.4 is 5.73 Å². The Morgan fingerprint density at radius 2 is 1.90 bits per heavy atom. The fourth-order valence-corrected chi connectivity index (χ4v) is 1.96. The first-order chi connectivity index (χ1) is 9.86. The number of anilines is 1. The molecule has 0 spiro atoms. The Bertz CT molecular complexity index is 824. The Morgan fingerprint density at radius 3 is 2.57 bits per heavy atom. The summed E-state index contributed by atoms with van der Waals surface area (Å²) in [6.07, 6.45) is -3.36. The summed E-state index contributed by atoms with van der Waals surface area (Å²) in [5, 5.41) is 6.75. The molecule has 2 heterocycles. The molecule has 0 fully saturated rings. The van der Waals surface area contributed by atoms with Crippen molar-refractivity contribution in [3.05, 3.63) is 35.8 Å². The average Bonchev–Trinajstić information content (AvgIpc) is 2.83. The number of H-pyrrole nitrogens is 1. The summed E-state index contributed by atoms with van der Waals surface area (Å²) in [7, 11) is 0. The predicted molar refractivity (Wildman–Crippen MR) is 66.5 cm³/mol. The maximum atomic E-state index is 13.6. The molecule has 21 heavy (non-hydrogen) atoms. The van der Waals surface area contributed by atoms with E-state index in [0.29, 0.717) is 17.1 Å². The van der Waals surface area contributed by atoms with E-state index in [1.807, 2.05) is 0 Å². The van der Waals surface area contributed by atoms with Gasteiger partial charge in [-0.05, 0) is 12.1 Å². The molecule has 0 aliphatic heterocycles. The van der Waals surface area contributed by atoms with E-state index >= 15 is 0 Å². The van der Waals surface area contributed by atoms with Gasteiger partial charge in [-0.2, -0.15) is 23.3 Å². The molecule has 9 heteroatoms. The molecule has 0 saturated carbocycles. The first-order valence-corrected chi connectivity index (χ1v) is 5.70. The Hall–Kier alpha value is -2.71. The maximum absolute atomic E-state index is 13.6. The molecule has 1 aromatic carbocycles. The van der Waals surface area contributed by atoms with Gasteiger partial charge < -0.3 is 5.73 Å². The Balaban J connectivity index is 2.20. The zero-order chi connectivity index (χ0) is 15.2. The molecule has 0 atom stereocenters. The van der Waals surface area contributed by atoms with Crippen molar-refractivity contribution < 1.29 is 17.6 Å². The van der Waals surface area contributed by atoms with Gasteiger partial charge in [0.1, 0.15) is 5.82 Å². The monoisotopic (exact) mass is 297 g/mol. The zero-order valence-corrected chi connectivity index (χ0v) is 10.2. The number of rotatable bonds is 1. The standard InChI is InChI=1S/C12H7F4N5/c13-8-3-5(1-2-7(8)12(14,15)16)9-6-4-18-21-10(6)20-11(17)19-9/h1-4H,(H3,17,18,19,20,21). The lowest BCUT2D eigenvalue weighted by Gasteiger charge is -2.09. The molecule has 0 amide bonds. The number of benzene rings is 1. The topological polar surface area (TPSA) is 80.5 Å². The summed E-state index contributed by atoms with van der Waals surface area (Å²) < 4.78 is 51.3. The van der Waals surface area contributed by atoms with Gasteiger partial charge in [0.15, 0.2) is 5.65 Å². The minimum absolute atomic E-state index is 0.0953. The van der Waals surface area contributed by atoms with Crippen molar-refractivity contribution in [1.82, 2.24) is 20.2 Å². The van der Waals surface area contributed by atoms with E-state index < -0.39 is 17.6 Å². The fraction of sp³-hybridized carbons (Fsp3) is 0.0833. The highest BCUT2D eigenvalue weighted by molar-refractivity contribution is 5.90. The molecule has 0 aliphatic carbocycles. The average molecular weight is 297 g/mol. The van der Waals surface area contributed by atoms with E-state index in [4.69, 9.17) is 5.73 Å². The van der Waals surface area contributed by atoms with Gasteiger partial charge in [0.05, 0.1) is 22.8 Å². The van der Waals surface area contributed by atoms with Gasteiger partial charge in [-0.3, -0.25) is 5.10 Å². The highest BCUT2D eigenvalue weighted by Crippen LogP contribution is 2.34. The molecule has 2 aromatic heterocycles. The molecule has 3 aromatic rings.